The monoisotopic (exact) mass is 626 g/mol. The fraction of sp³-hybridized carbons (Fsp3) is 0.278. The maximum absolute atomic E-state index is 14.9. The van der Waals surface area contributed by atoms with E-state index in [1.54, 1.807) is 57.3 Å². The first-order valence-electron chi connectivity index (χ1n) is 8.00. The Morgan fingerprint density at radius 2 is 1.96 bits per heavy atom. The van der Waals surface area contributed by atoms with Crippen molar-refractivity contribution < 1.29 is 4.39 Å². The molecule has 0 saturated carbocycles. The van der Waals surface area contributed by atoms with E-state index in [9.17, 15) is 9.65 Å². The molecule has 0 saturated heterocycles. The molecule has 3 aromatic rings. The molecule has 0 radical (unpaired) electrons. The van der Waals surface area contributed by atoms with Crippen molar-refractivity contribution in [2.24, 2.45) is 5.92 Å². The first-order valence-corrected chi connectivity index (χ1v) is 11.4. The van der Waals surface area contributed by atoms with Crippen LogP contribution in [0.15, 0.2) is 35.7 Å². The second-order valence-electron chi connectivity index (χ2n) is 6.20. The Hall–Kier alpha value is -0.770. The van der Waals surface area contributed by atoms with Crippen molar-refractivity contribution in [3.05, 3.63) is 52.1 Å². The maximum atomic E-state index is 14.9. The molecule has 0 bridgehead atoms. The molecule has 0 aliphatic heterocycles. The van der Waals surface area contributed by atoms with Gasteiger partial charge in [0.25, 0.3) is 0 Å². The summed E-state index contributed by atoms with van der Waals surface area (Å²) in [6.45, 7) is 4.00. The number of aromatic nitrogens is 2. The van der Waals surface area contributed by atoms with E-state index in [1.807, 2.05) is 37.4 Å². The van der Waals surface area contributed by atoms with Crippen molar-refractivity contribution in [3.63, 3.8) is 0 Å². The van der Waals surface area contributed by atoms with E-state index in [1.165, 1.54) is 16.2 Å². The number of thiophene rings is 1. The lowest BCUT2D eigenvalue weighted by Gasteiger charge is -2.32. The molecule has 1 unspecified atom stereocenters. The third-order valence-corrected chi connectivity index (χ3v) is 6.32. The lowest BCUT2D eigenvalue weighted by atomic mass is 9.91. The van der Waals surface area contributed by atoms with Crippen LogP contribution in [0.1, 0.15) is 31.0 Å². The molecule has 4 nitrogen and oxygen atoms in total. The average molecular weight is 627 g/mol. The number of benzene rings is 1. The zero-order valence-corrected chi connectivity index (χ0v) is 20.2. The van der Waals surface area contributed by atoms with Gasteiger partial charge in [-0.2, -0.15) is 10.2 Å². The summed E-state index contributed by atoms with van der Waals surface area (Å²) in [5, 5.41) is 12.0. The minimum absolute atomic E-state index is 0.0182. The van der Waals surface area contributed by atoms with E-state index in [4.69, 9.17) is 11.6 Å². The Kier molecular flexibility index (Phi) is 6.45. The van der Waals surface area contributed by atoms with Gasteiger partial charge in [0.15, 0.2) is 12.0 Å². The quantitative estimate of drug-likeness (QED) is 0.101. The van der Waals surface area contributed by atoms with Gasteiger partial charge in [-0.15, -0.1) is 11.3 Å². The van der Waals surface area contributed by atoms with Crippen LogP contribution < -0.4 is 4.90 Å². The van der Waals surface area contributed by atoms with Crippen LogP contribution in [0.25, 0.3) is 10.2 Å². The Morgan fingerprint density at radius 3 is 2.59 bits per heavy atom. The lowest BCUT2D eigenvalue weighted by Crippen LogP contribution is -2.30. The van der Waals surface area contributed by atoms with E-state index >= 15 is 0 Å². The minimum Gasteiger partial charge on any atom is -0.254 e. The highest BCUT2D eigenvalue weighted by Crippen LogP contribution is 2.46. The maximum Gasteiger partial charge on any atom is 0.235 e. The molecule has 3 rings (SSSR count). The third-order valence-electron chi connectivity index (χ3n) is 4.09. The molecule has 27 heavy (non-hydrogen) atoms. The third kappa shape index (κ3) is 4.31. The van der Waals surface area contributed by atoms with Gasteiger partial charge in [0, 0.05) is 5.56 Å². The molecular weight excluding hydrogens is 613 g/mol. The highest BCUT2D eigenvalue weighted by atomic mass is 127. The zero-order valence-electron chi connectivity index (χ0n) is 14.3. The largest absolute Gasteiger partial charge is 0.254 e. The molecule has 0 fully saturated rings. The van der Waals surface area contributed by atoms with Crippen molar-refractivity contribution in [1.82, 2.24) is 9.97 Å². The average Bonchev–Trinajstić information content (AvgIpc) is 3.06. The molecule has 0 amide bonds. The predicted octanol–water partition coefficient (Wildman–Crippen LogP) is 6.98. The number of nitrogens with zero attached hydrogens (tertiary/aromatic N) is 4. The van der Waals surface area contributed by atoms with Gasteiger partial charge in [-0.1, -0.05) is 38.1 Å². The summed E-state index contributed by atoms with van der Waals surface area (Å²) >= 11 is 11.1. The van der Waals surface area contributed by atoms with Crippen molar-refractivity contribution in [1.29, 1.82) is 5.26 Å². The highest BCUT2D eigenvalue weighted by Gasteiger charge is 2.34. The van der Waals surface area contributed by atoms with Gasteiger partial charge < -0.3 is 0 Å². The number of hydrogen-bond acceptors (Lipinski definition) is 5. The van der Waals surface area contributed by atoms with Crippen LogP contribution in [0.3, 0.4) is 0 Å². The van der Waals surface area contributed by atoms with Crippen molar-refractivity contribution in [3.8, 4) is 6.19 Å². The first-order chi connectivity index (χ1) is 12.7. The minimum atomic E-state index is -1.60. The molecule has 1 aromatic carbocycles. The van der Waals surface area contributed by atoms with Gasteiger partial charge in [-0.05, 0) is 79.7 Å². The van der Waals surface area contributed by atoms with Crippen molar-refractivity contribution >= 4 is 84.2 Å². The SMILES string of the molecule is CC(C)C(c1ccccc1C(F)(I)I)N(C#N)c1nc(Cl)nc2ccsc12. The summed E-state index contributed by atoms with van der Waals surface area (Å²) in [6, 6.07) is 8.72. The summed E-state index contributed by atoms with van der Waals surface area (Å²) in [7, 11) is 0. The first kappa shape index (κ1) is 21.0. The number of alkyl halides is 3. The molecule has 9 heteroatoms. The number of rotatable bonds is 5. The van der Waals surface area contributed by atoms with E-state index in [2.05, 4.69) is 16.2 Å². The molecule has 1 atom stereocenters. The van der Waals surface area contributed by atoms with Crippen molar-refractivity contribution in [2.75, 3.05) is 4.90 Å². The summed E-state index contributed by atoms with van der Waals surface area (Å²) < 4.78 is 14.1. The summed E-state index contributed by atoms with van der Waals surface area (Å²) in [5.41, 5.74) is 1.97. The van der Waals surface area contributed by atoms with Gasteiger partial charge in [0.1, 0.15) is 0 Å². The van der Waals surface area contributed by atoms with E-state index in [-0.39, 0.29) is 11.2 Å². The standard InChI is InChI=1S/C18H14ClFI2N4S/c1-10(2)14(11-5-3-4-6-12(11)18(20,21)22)26(9-23)16-15-13(7-8-27-15)24-17(19)25-16/h3-8,10,14H,1-2H3. The molecular formula is C18H14ClFI2N4S. The van der Waals surface area contributed by atoms with Crippen LogP contribution >= 0.6 is 68.1 Å². The Balaban J connectivity index is 2.23. The predicted molar refractivity (Wildman–Crippen MR) is 125 cm³/mol. The van der Waals surface area contributed by atoms with E-state index in [0.717, 1.165) is 10.3 Å². The number of hydrogen-bond donors (Lipinski definition) is 0. The highest BCUT2D eigenvalue weighted by molar-refractivity contribution is 14.2. The van der Waals surface area contributed by atoms with Crippen LogP contribution in [0.2, 0.25) is 5.28 Å². The van der Waals surface area contributed by atoms with Gasteiger partial charge in [-0.3, -0.25) is 4.90 Å². The van der Waals surface area contributed by atoms with Gasteiger partial charge in [0.05, 0.1) is 16.3 Å². The van der Waals surface area contributed by atoms with E-state index < -0.39 is 7.72 Å². The van der Waals surface area contributed by atoms with Crippen molar-refractivity contribution in [2.45, 2.75) is 21.6 Å². The van der Waals surface area contributed by atoms with Crippen LogP contribution in [0.5, 0.6) is 0 Å². The van der Waals surface area contributed by atoms with Gasteiger partial charge >= 0.3 is 0 Å². The number of halogens is 4. The van der Waals surface area contributed by atoms with Gasteiger partial charge in [-0.25, -0.2) is 9.37 Å². The van der Waals surface area contributed by atoms with Crippen LogP contribution in [0.4, 0.5) is 10.2 Å². The summed E-state index contributed by atoms with van der Waals surface area (Å²) in [4.78, 5) is 10.1. The molecule has 2 aromatic heterocycles. The number of fused-ring (bicyclic) bond motifs is 1. The topological polar surface area (TPSA) is 52.8 Å². The second-order valence-corrected chi connectivity index (χ2v) is 12.5. The van der Waals surface area contributed by atoms with Crippen LogP contribution in [-0.4, -0.2) is 9.97 Å². The normalized spacial score (nSPS) is 13.0. The fourth-order valence-electron chi connectivity index (χ4n) is 3.03. The Labute approximate surface area is 193 Å². The zero-order chi connectivity index (χ0) is 19.8. The molecule has 0 aliphatic carbocycles. The van der Waals surface area contributed by atoms with Crippen LogP contribution in [-0.2, 0) is 1.68 Å². The van der Waals surface area contributed by atoms with Crippen LogP contribution in [0, 0.1) is 17.4 Å². The Bertz CT molecular complexity index is 1010. The van der Waals surface area contributed by atoms with Gasteiger partial charge in [0.2, 0.25) is 6.97 Å². The molecule has 2 heterocycles. The fourth-order valence-corrected chi connectivity index (χ4v) is 5.00. The lowest BCUT2D eigenvalue weighted by molar-refractivity contribution is 0.449. The van der Waals surface area contributed by atoms with E-state index in [0.29, 0.717) is 16.9 Å². The summed E-state index contributed by atoms with van der Waals surface area (Å²) in [6.07, 6.45) is 2.25. The smallest absolute Gasteiger partial charge is 0.235 e. The summed E-state index contributed by atoms with van der Waals surface area (Å²) in [5.74, 6) is 0.465. The molecule has 140 valence electrons. The molecule has 0 spiro atoms. The number of nitriles is 1. The second kappa shape index (κ2) is 8.31. The molecule has 0 aliphatic rings. The molecule has 0 N–H and O–H groups in total. The Morgan fingerprint density at radius 1 is 1.26 bits per heavy atom. The number of anilines is 1.